The van der Waals surface area contributed by atoms with E-state index in [-0.39, 0.29) is 0 Å². The lowest BCUT2D eigenvalue weighted by molar-refractivity contribution is 1.19. The number of aryl methyl sites for hydroxylation is 1. The van der Waals surface area contributed by atoms with Crippen LogP contribution < -0.4 is 0 Å². The molecule has 0 unspecified atom stereocenters. The number of nitrogens with zero attached hydrogens (tertiary/aromatic N) is 3. The fourth-order valence-electron chi connectivity index (χ4n) is 1.66. The molecule has 2 aromatic heterocycles. The van der Waals surface area contributed by atoms with Crippen molar-refractivity contribution in [2.24, 2.45) is 0 Å². The molecule has 3 nitrogen and oxygen atoms in total. The van der Waals surface area contributed by atoms with Crippen molar-refractivity contribution in [1.29, 1.82) is 0 Å². The fraction of sp³-hybridized carbons (Fsp3) is 0.0714. The first-order valence-corrected chi connectivity index (χ1v) is 6.50. The zero-order chi connectivity index (χ0) is 12.4. The average molecular weight is 253 g/mol. The van der Waals surface area contributed by atoms with E-state index < -0.39 is 0 Å². The number of hydrogen-bond acceptors (Lipinski definition) is 4. The van der Waals surface area contributed by atoms with E-state index in [1.165, 1.54) is 5.56 Å². The lowest BCUT2D eigenvalue weighted by Gasteiger charge is -1.97. The van der Waals surface area contributed by atoms with E-state index in [4.69, 9.17) is 0 Å². The summed E-state index contributed by atoms with van der Waals surface area (Å²) in [5.74, 6) is 0. The highest BCUT2D eigenvalue weighted by Gasteiger charge is 2.07. The number of rotatable bonds is 2. The Kier molecular flexibility index (Phi) is 2.86. The molecule has 3 aromatic rings. The second-order valence-electron chi connectivity index (χ2n) is 3.99. The van der Waals surface area contributed by atoms with Gasteiger partial charge in [-0.3, -0.25) is 9.97 Å². The lowest BCUT2D eigenvalue weighted by atomic mass is 10.1. The Balaban J connectivity index is 1.97. The van der Waals surface area contributed by atoms with Crippen LogP contribution in [-0.4, -0.2) is 15.0 Å². The van der Waals surface area contributed by atoms with Gasteiger partial charge in [0.1, 0.15) is 10.7 Å². The fourth-order valence-corrected chi connectivity index (χ4v) is 2.45. The third-order valence-corrected chi connectivity index (χ3v) is 3.50. The van der Waals surface area contributed by atoms with Gasteiger partial charge in [0, 0.05) is 23.3 Å². The van der Waals surface area contributed by atoms with Crippen LogP contribution in [0.4, 0.5) is 0 Å². The van der Waals surface area contributed by atoms with Crippen LogP contribution in [0.2, 0.25) is 0 Å². The van der Waals surface area contributed by atoms with Gasteiger partial charge in [-0.15, -0.1) is 11.3 Å². The molecule has 0 fully saturated rings. The number of benzene rings is 1. The van der Waals surface area contributed by atoms with Gasteiger partial charge in [-0.1, -0.05) is 29.8 Å². The third-order valence-electron chi connectivity index (χ3n) is 2.63. The first kappa shape index (κ1) is 11.0. The molecule has 0 aliphatic rings. The van der Waals surface area contributed by atoms with Crippen molar-refractivity contribution >= 4 is 11.3 Å². The summed E-state index contributed by atoms with van der Waals surface area (Å²) in [6.07, 6.45) is 5.08. The Morgan fingerprint density at radius 1 is 1.00 bits per heavy atom. The van der Waals surface area contributed by atoms with Crippen molar-refractivity contribution in [3.63, 3.8) is 0 Å². The van der Waals surface area contributed by atoms with Gasteiger partial charge >= 0.3 is 0 Å². The van der Waals surface area contributed by atoms with Crippen molar-refractivity contribution in [3.05, 3.63) is 53.8 Å². The molecule has 0 saturated heterocycles. The number of aromatic nitrogens is 3. The predicted octanol–water partition coefficient (Wildman–Crippen LogP) is 3.58. The molecule has 0 aliphatic heterocycles. The lowest BCUT2D eigenvalue weighted by Crippen LogP contribution is -1.84. The predicted molar refractivity (Wildman–Crippen MR) is 73.3 cm³/mol. The summed E-state index contributed by atoms with van der Waals surface area (Å²) in [7, 11) is 0. The molecule has 0 N–H and O–H groups in total. The smallest absolute Gasteiger partial charge is 0.144 e. The summed E-state index contributed by atoms with van der Waals surface area (Å²) < 4.78 is 0. The summed E-state index contributed by atoms with van der Waals surface area (Å²) in [5.41, 5.74) is 4.19. The summed E-state index contributed by atoms with van der Waals surface area (Å²) >= 11 is 1.59. The zero-order valence-electron chi connectivity index (χ0n) is 9.87. The quantitative estimate of drug-likeness (QED) is 0.700. The molecule has 2 heterocycles. The Morgan fingerprint density at radius 2 is 1.83 bits per heavy atom. The van der Waals surface area contributed by atoms with E-state index in [1.54, 1.807) is 29.9 Å². The van der Waals surface area contributed by atoms with Crippen molar-refractivity contribution in [1.82, 2.24) is 15.0 Å². The summed E-state index contributed by atoms with van der Waals surface area (Å²) in [4.78, 5) is 12.9. The van der Waals surface area contributed by atoms with Gasteiger partial charge in [0.15, 0.2) is 0 Å². The maximum absolute atomic E-state index is 4.60. The molecule has 0 spiro atoms. The molecule has 0 radical (unpaired) electrons. The first-order valence-electron chi connectivity index (χ1n) is 5.62. The van der Waals surface area contributed by atoms with Crippen LogP contribution in [0.25, 0.3) is 22.0 Å². The van der Waals surface area contributed by atoms with Crippen LogP contribution in [0.1, 0.15) is 5.56 Å². The molecular formula is C14H11N3S. The SMILES string of the molecule is Cc1ccc(-c2csc(-c3cnccn3)n2)cc1. The normalized spacial score (nSPS) is 10.5. The molecule has 18 heavy (non-hydrogen) atoms. The monoisotopic (exact) mass is 253 g/mol. The van der Waals surface area contributed by atoms with E-state index in [2.05, 4.69) is 51.5 Å². The maximum Gasteiger partial charge on any atom is 0.144 e. The number of hydrogen-bond donors (Lipinski definition) is 0. The van der Waals surface area contributed by atoms with Gasteiger partial charge < -0.3 is 0 Å². The Labute approximate surface area is 109 Å². The second kappa shape index (κ2) is 4.66. The Bertz CT molecular complexity index is 644. The van der Waals surface area contributed by atoms with Gasteiger partial charge in [0.25, 0.3) is 0 Å². The van der Waals surface area contributed by atoms with Gasteiger partial charge in [0.2, 0.25) is 0 Å². The number of thiazole rings is 1. The standard InChI is InChI=1S/C14H11N3S/c1-10-2-4-11(5-3-10)13-9-18-14(17-13)12-8-15-6-7-16-12/h2-9H,1H3. The average Bonchev–Trinajstić information content (AvgIpc) is 2.90. The molecular weight excluding hydrogens is 242 g/mol. The molecule has 1 aromatic carbocycles. The minimum atomic E-state index is 0.820. The van der Waals surface area contributed by atoms with Crippen molar-refractivity contribution in [2.75, 3.05) is 0 Å². The van der Waals surface area contributed by atoms with Crippen molar-refractivity contribution in [3.8, 4) is 22.0 Å². The van der Waals surface area contributed by atoms with E-state index in [0.717, 1.165) is 22.0 Å². The summed E-state index contributed by atoms with van der Waals surface area (Å²) in [5, 5.41) is 2.95. The van der Waals surface area contributed by atoms with Gasteiger partial charge in [-0.05, 0) is 6.92 Å². The third kappa shape index (κ3) is 2.15. The van der Waals surface area contributed by atoms with Gasteiger partial charge in [-0.25, -0.2) is 4.98 Å². The van der Waals surface area contributed by atoms with Crippen LogP contribution >= 0.6 is 11.3 Å². The minimum absolute atomic E-state index is 0.820. The Morgan fingerprint density at radius 3 is 2.56 bits per heavy atom. The molecule has 0 aliphatic carbocycles. The minimum Gasteiger partial charge on any atom is -0.261 e. The van der Waals surface area contributed by atoms with Crippen molar-refractivity contribution in [2.45, 2.75) is 6.92 Å². The largest absolute Gasteiger partial charge is 0.261 e. The van der Waals surface area contributed by atoms with Gasteiger partial charge in [-0.2, -0.15) is 0 Å². The molecule has 4 heteroatoms. The van der Waals surface area contributed by atoms with Crippen LogP contribution in [0.5, 0.6) is 0 Å². The summed E-state index contributed by atoms with van der Waals surface area (Å²) in [6.45, 7) is 2.08. The summed E-state index contributed by atoms with van der Waals surface area (Å²) in [6, 6.07) is 8.36. The van der Waals surface area contributed by atoms with Crippen LogP contribution in [-0.2, 0) is 0 Å². The molecule has 3 rings (SSSR count). The molecule has 0 atom stereocenters. The zero-order valence-corrected chi connectivity index (χ0v) is 10.7. The highest BCUT2D eigenvalue weighted by Crippen LogP contribution is 2.27. The maximum atomic E-state index is 4.60. The van der Waals surface area contributed by atoms with Crippen LogP contribution in [0, 0.1) is 6.92 Å². The van der Waals surface area contributed by atoms with E-state index in [9.17, 15) is 0 Å². The topological polar surface area (TPSA) is 38.7 Å². The van der Waals surface area contributed by atoms with Crippen LogP contribution in [0.15, 0.2) is 48.2 Å². The van der Waals surface area contributed by atoms with Gasteiger partial charge in [0.05, 0.1) is 11.9 Å². The second-order valence-corrected chi connectivity index (χ2v) is 4.85. The molecule has 0 amide bonds. The van der Waals surface area contributed by atoms with E-state index in [0.29, 0.717) is 0 Å². The molecule has 88 valence electrons. The van der Waals surface area contributed by atoms with E-state index >= 15 is 0 Å². The molecule has 0 saturated carbocycles. The first-order chi connectivity index (χ1) is 8.83. The molecule has 0 bridgehead atoms. The highest BCUT2D eigenvalue weighted by atomic mass is 32.1. The van der Waals surface area contributed by atoms with E-state index in [1.807, 2.05) is 0 Å². The van der Waals surface area contributed by atoms with Crippen molar-refractivity contribution < 1.29 is 0 Å². The highest BCUT2D eigenvalue weighted by molar-refractivity contribution is 7.13. The Hall–Kier alpha value is -2.07. The van der Waals surface area contributed by atoms with Crippen LogP contribution in [0.3, 0.4) is 0 Å².